The summed E-state index contributed by atoms with van der Waals surface area (Å²) in [7, 11) is 1.59. The van der Waals surface area contributed by atoms with Crippen LogP contribution in [-0.4, -0.2) is 41.5 Å². The van der Waals surface area contributed by atoms with E-state index in [9.17, 15) is 4.79 Å². The number of pyridine rings is 1. The van der Waals surface area contributed by atoms with E-state index < -0.39 is 5.54 Å². The maximum absolute atomic E-state index is 12.2. The molecule has 0 aliphatic carbocycles. The average Bonchev–Trinajstić information content (AvgIpc) is 2.35. The lowest BCUT2D eigenvalue weighted by molar-refractivity contribution is -0.140. The molecule has 0 aromatic carbocycles. The normalized spacial score (nSPS) is 18.8. The van der Waals surface area contributed by atoms with E-state index in [1.807, 2.05) is 30.9 Å². The van der Waals surface area contributed by atoms with Gasteiger partial charge in [0.05, 0.1) is 24.9 Å². The molecular weight excluding hydrogens is 230 g/mol. The fourth-order valence-electron chi connectivity index (χ4n) is 2.08. The van der Waals surface area contributed by atoms with Crippen LogP contribution in [0.15, 0.2) is 18.2 Å². The van der Waals surface area contributed by atoms with Gasteiger partial charge in [-0.05, 0) is 19.9 Å². The molecule has 1 amide bonds. The number of nitrogens with zero attached hydrogens (tertiary/aromatic N) is 2. The van der Waals surface area contributed by atoms with Gasteiger partial charge in [0.25, 0.3) is 0 Å². The summed E-state index contributed by atoms with van der Waals surface area (Å²) in [4.78, 5) is 18.4. The van der Waals surface area contributed by atoms with Gasteiger partial charge in [0.15, 0.2) is 0 Å². The van der Waals surface area contributed by atoms with Crippen LogP contribution >= 0.6 is 0 Å². The van der Waals surface area contributed by atoms with Gasteiger partial charge in [-0.15, -0.1) is 0 Å². The molecule has 1 fully saturated rings. The number of carbonyl (C=O) groups is 1. The lowest BCUT2D eigenvalue weighted by Gasteiger charge is -2.37. The molecule has 1 aliphatic heterocycles. The maximum atomic E-state index is 12.2. The van der Waals surface area contributed by atoms with Gasteiger partial charge in [0, 0.05) is 19.2 Å². The zero-order chi connectivity index (χ0) is 13.2. The first-order valence-electron chi connectivity index (χ1n) is 6.07. The van der Waals surface area contributed by atoms with Crippen LogP contribution in [0.25, 0.3) is 0 Å². The summed E-state index contributed by atoms with van der Waals surface area (Å²) in [5.74, 6) is 0.688. The quantitative estimate of drug-likeness (QED) is 0.861. The highest BCUT2D eigenvalue weighted by Crippen LogP contribution is 2.16. The first kappa shape index (κ1) is 12.8. The van der Waals surface area contributed by atoms with E-state index in [1.54, 1.807) is 13.2 Å². The Morgan fingerprint density at radius 2 is 2.28 bits per heavy atom. The summed E-state index contributed by atoms with van der Waals surface area (Å²) in [6.07, 6.45) is 0. The predicted octanol–water partition coefficient (Wildman–Crippen LogP) is 0.801. The topological polar surface area (TPSA) is 54.5 Å². The lowest BCUT2D eigenvalue weighted by atomic mass is 10.0. The molecule has 1 N–H and O–H groups in total. The van der Waals surface area contributed by atoms with Crippen LogP contribution in [0.4, 0.5) is 0 Å². The molecule has 1 aliphatic rings. The minimum atomic E-state index is -0.489. The maximum Gasteiger partial charge on any atom is 0.242 e. The number of nitrogens with one attached hydrogen (secondary N) is 1. The van der Waals surface area contributed by atoms with Gasteiger partial charge in [-0.25, -0.2) is 4.98 Å². The van der Waals surface area contributed by atoms with E-state index in [-0.39, 0.29) is 5.91 Å². The molecule has 98 valence electrons. The molecule has 0 atom stereocenters. The van der Waals surface area contributed by atoms with Crippen LogP contribution in [0.2, 0.25) is 0 Å². The van der Waals surface area contributed by atoms with Crippen molar-refractivity contribution in [2.45, 2.75) is 25.9 Å². The summed E-state index contributed by atoms with van der Waals surface area (Å²) in [6, 6.07) is 5.59. The van der Waals surface area contributed by atoms with E-state index in [4.69, 9.17) is 4.74 Å². The number of carbonyl (C=O) groups excluding carboxylic acids is 1. The van der Waals surface area contributed by atoms with Crippen molar-refractivity contribution >= 4 is 5.91 Å². The van der Waals surface area contributed by atoms with Gasteiger partial charge >= 0.3 is 0 Å². The van der Waals surface area contributed by atoms with Crippen LogP contribution in [0.5, 0.6) is 5.88 Å². The van der Waals surface area contributed by atoms with Crippen LogP contribution in [0.3, 0.4) is 0 Å². The van der Waals surface area contributed by atoms with Crippen LogP contribution < -0.4 is 10.1 Å². The van der Waals surface area contributed by atoms with E-state index in [1.165, 1.54) is 0 Å². The summed E-state index contributed by atoms with van der Waals surface area (Å²) in [5.41, 5.74) is 0.359. The SMILES string of the molecule is COc1cccc(CN2CCNC(C)(C)C2=O)n1. The molecule has 18 heavy (non-hydrogen) atoms. The van der Waals surface area contributed by atoms with E-state index >= 15 is 0 Å². The van der Waals surface area contributed by atoms with E-state index in [0.29, 0.717) is 19.0 Å². The van der Waals surface area contributed by atoms with Crippen molar-refractivity contribution in [3.05, 3.63) is 23.9 Å². The molecule has 2 heterocycles. The van der Waals surface area contributed by atoms with Gasteiger partial charge in [-0.3, -0.25) is 4.79 Å². The molecule has 2 rings (SSSR count). The second-order valence-corrected chi connectivity index (χ2v) is 4.95. The Hall–Kier alpha value is -1.62. The summed E-state index contributed by atoms with van der Waals surface area (Å²) in [5, 5.41) is 3.21. The lowest BCUT2D eigenvalue weighted by Crippen LogP contribution is -2.60. The number of hydrogen-bond acceptors (Lipinski definition) is 4. The van der Waals surface area contributed by atoms with Crippen molar-refractivity contribution in [3.8, 4) is 5.88 Å². The predicted molar refractivity (Wildman–Crippen MR) is 68.3 cm³/mol. The summed E-state index contributed by atoms with van der Waals surface area (Å²) < 4.78 is 5.08. The number of amides is 1. The Kier molecular flexibility index (Phi) is 3.52. The van der Waals surface area contributed by atoms with E-state index in [2.05, 4.69) is 10.3 Å². The molecular formula is C13H19N3O2. The molecule has 0 spiro atoms. The highest BCUT2D eigenvalue weighted by molar-refractivity contribution is 5.86. The molecule has 0 unspecified atom stereocenters. The summed E-state index contributed by atoms with van der Waals surface area (Å²) in [6.45, 7) is 5.85. The highest BCUT2D eigenvalue weighted by atomic mass is 16.5. The van der Waals surface area contributed by atoms with Crippen LogP contribution in [0.1, 0.15) is 19.5 Å². The van der Waals surface area contributed by atoms with Crippen molar-refractivity contribution in [2.24, 2.45) is 0 Å². The smallest absolute Gasteiger partial charge is 0.242 e. The Bertz CT molecular complexity index is 446. The number of piperazine rings is 1. The molecule has 1 aromatic rings. The third-order valence-electron chi connectivity index (χ3n) is 3.11. The van der Waals surface area contributed by atoms with Gasteiger partial charge < -0.3 is 15.0 Å². The van der Waals surface area contributed by atoms with Crippen molar-refractivity contribution in [3.63, 3.8) is 0 Å². The fraction of sp³-hybridized carbons (Fsp3) is 0.538. The minimum absolute atomic E-state index is 0.110. The number of hydrogen-bond donors (Lipinski definition) is 1. The zero-order valence-electron chi connectivity index (χ0n) is 11.1. The van der Waals surface area contributed by atoms with E-state index in [0.717, 1.165) is 12.2 Å². The second-order valence-electron chi connectivity index (χ2n) is 4.95. The molecule has 0 saturated carbocycles. The third-order valence-corrected chi connectivity index (χ3v) is 3.11. The molecule has 0 bridgehead atoms. The molecule has 5 heteroatoms. The largest absolute Gasteiger partial charge is 0.481 e. The highest BCUT2D eigenvalue weighted by Gasteiger charge is 2.35. The first-order valence-corrected chi connectivity index (χ1v) is 6.07. The van der Waals surface area contributed by atoms with Crippen LogP contribution in [-0.2, 0) is 11.3 Å². The summed E-state index contributed by atoms with van der Waals surface area (Å²) >= 11 is 0. The number of aromatic nitrogens is 1. The standard InChI is InChI=1S/C13H19N3O2/c1-13(2)12(17)16(8-7-14-13)9-10-5-4-6-11(15-10)18-3/h4-6,14H,7-9H2,1-3H3. The molecule has 1 saturated heterocycles. The fourth-order valence-corrected chi connectivity index (χ4v) is 2.08. The van der Waals surface area contributed by atoms with Gasteiger partial charge in [-0.2, -0.15) is 0 Å². The molecule has 0 radical (unpaired) electrons. The van der Waals surface area contributed by atoms with Crippen LogP contribution in [0, 0.1) is 0 Å². The Morgan fingerprint density at radius 1 is 1.50 bits per heavy atom. The van der Waals surface area contributed by atoms with Crippen molar-refractivity contribution in [1.82, 2.24) is 15.2 Å². The average molecular weight is 249 g/mol. The monoisotopic (exact) mass is 249 g/mol. The number of rotatable bonds is 3. The van der Waals surface area contributed by atoms with Gasteiger partial charge in [0.2, 0.25) is 11.8 Å². The van der Waals surface area contributed by atoms with Crippen molar-refractivity contribution in [1.29, 1.82) is 0 Å². The Balaban J connectivity index is 2.11. The molecule has 1 aromatic heterocycles. The number of methoxy groups -OCH3 is 1. The van der Waals surface area contributed by atoms with Crippen molar-refractivity contribution < 1.29 is 9.53 Å². The van der Waals surface area contributed by atoms with Gasteiger partial charge in [-0.1, -0.05) is 6.07 Å². The Labute approximate surface area is 107 Å². The first-order chi connectivity index (χ1) is 8.53. The number of ether oxygens (including phenoxy) is 1. The van der Waals surface area contributed by atoms with Gasteiger partial charge in [0.1, 0.15) is 0 Å². The zero-order valence-corrected chi connectivity index (χ0v) is 11.1. The third kappa shape index (κ3) is 2.61. The second kappa shape index (κ2) is 4.94. The minimum Gasteiger partial charge on any atom is -0.481 e. The molecule has 5 nitrogen and oxygen atoms in total. The van der Waals surface area contributed by atoms with Crippen molar-refractivity contribution in [2.75, 3.05) is 20.2 Å². The Morgan fingerprint density at radius 3 is 3.00 bits per heavy atom.